The summed E-state index contributed by atoms with van der Waals surface area (Å²) in [5.41, 5.74) is 1.82. The number of aromatic hydroxyl groups is 1. The molecule has 1 aromatic carbocycles. The van der Waals surface area contributed by atoms with Gasteiger partial charge in [-0.2, -0.15) is 0 Å². The van der Waals surface area contributed by atoms with E-state index in [0.29, 0.717) is 6.04 Å². The average molecular weight is 301 g/mol. The lowest BCUT2D eigenvalue weighted by Gasteiger charge is -2.20. The van der Waals surface area contributed by atoms with Crippen molar-refractivity contribution in [2.45, 2.75) is 39.7 Å². The Balaban J connectivity index is 1.98. The molecule has 1 heterocycles. The maximum absolute atomic E-state index is 9.86. The highest BCUT2D eigenvalue weighted by Gasteiger charge is 2.09. The largest absolute Gasteiger partial charge is 0.508 e. The molecular weight excluding hydrogens is 274 g/mol. The van der Waals surface area contributed by atoms with E-state index in [2.05, 4.69) is 36.0 Å². The van der Waals surface area contributed by atoms with E-state index < -0.39 is 0 Å². The molecule has 0 saturated heterocycles. The van der Waals surface area contributed by atoms with Gasteiger partial charge >= 0.3 is 0 Å². The topological polar surface area (TPSA) is 48.4 Å². The summed E-state index contributed by atoms with van der Waals surface area (Å²) in [5, 5.41) is 14.3. The van der Waals surface area contributed by atoms with E-state index in [9.17, 15) is 5.11 Å². The minimum atomic E-state index is 0.276. The van der Waals surface area contributed by atoms with Gasteiger partial charge in [-0.1, -0.05) is 19.9 Å². The van der Waals surface area contributed by atoms with Crippen LogP contribution in [0.5, 0.6) is 5.75 Å². The van der Waals surface area contributed by atoms with E-state index in [4.69, 9.17) is 0 Å². The number of hydrogen-bond donors (Lipinski definition) is 2. The SMILES string of the molecule is CCN(CC)CCC[C@H](C)Nc1cc(O)cc2cccnc12. The van der Waals surface area contributed by atoms with Gasteiger partial charge < -0.3 is 15.3 Å². The van der Waals surface area contributed by atoms with Crippen molar-refractivity contribution in [1.29, 1.82) is 0 Å². The summed E-state index contributed by atoms with van der Waals surface area (Å²) in [7, 11) is 0. The molecule has 1 aromatic heterocycles. The Morgan fingerprint density at radius 2 is 2.05 bits per heavy atom. The number of fused-ring (bicyclic) bond motifs is 1. The van der Waals surface area contributed by atoms with Crippen LogP contribution in [-0.4, -0.2) is 40.7 Å². The molecule has 1 atom stereocenters. The number of pyridine rings is 1. The van der Waals surface area contributed by atoms with Crippen molar-refractivity contribution in [2.75, 3.05) is 25.0 Å². The number of benzene rings is 1. The van der Waals surface area contributed by atoms with Gasteiger partial charge in [-0.05, 0) is 51.5 Å². The van der Waals surface area contributed by atoms with Crippen molar-refractivity contribution < 1.29 is 5.11 Å². The molecule has 0 unspecified atom stereocenters. The Kier molecular flexibility index (Phi) is 6.01. The minimum Gasteiger partial charge on any atom is -0.508 e. The van der Waals surface area contributed by atoms with Gasteiger partial charge in [0.2, 0.25) is 0 Å². The van der Waals surface area contributed by atoms with Crippen molar-refractivity contribution in [3.8, 4) is 5.75 Å². The highest BCUT2D eigenvalue weighted by Crippen LogP contribution is 2.27. The highest BCUT2D eigenvalue weighted by atomic mass is 16.3. The van der Waals surface area contributed by atoms with Crippen LogP contribution in [0.4, 0.5) is 5.69 Å². The summed E-state index contributed by atoms with van der Waals surface area (Å²) in [6.45, 7) is 9.95. The van der Waals surface area contributed by atoms with Crippen LogP contribution in [-0.2, 0) is 0 Å². The Labute approximate surface area is 133 Å². The molecule has 22 heavy (non-hydrogen) atoms. The number of nitrogens with zero attached hydrogens (tertiary/aromatic N) is 2. The first kappa shape index (κ1) is 16.6. The van der Waals surface area contributed by atoms with Gasteiger partial charge in [0, 0.05) is 23.7 Å². The van der Waals surface area contributed by atoms with Crippen molar-refractivity contribution in [2.24, 2.45) is 0 Å². The molecule has 0 aliphatic carbocycles. The minimum absolute atomic E-state index is 0.276. The van der Waals surface area contributed by atoms with Crippen LogP contribution in [0.1, 0.15) is 33.6 Å². The Bertz CT molecular complexity index is 596. The highest BCUT2D eigenvalue weighted by molar-refractivity contribution is 5.91. The number of rotatable bonds is 8. The predicted octanol–water partition coefficient (Wildman–Crippen LogP) is 3.86. The van der Waals surface area contributed by atoms with Crippen LogP contribution >= 0.6 is 0 Å². The first-order valence-electron chi connectivity index (χ1n) is 8.20. The van der Waals surface area contributed by atoms with Crippen molar-refractivity contribution in [3.63, 3.8) is 0 Å². The van der Waals surface area contributed by atoms with E-state index in [-0.39, 0.29) is 5.75 Å². The Morgan fingerprint density at radius 1 is 1.27 bits per heavy atom. The normalized spacial score (nSPS) is 12.7. The Hall–Kier alpha value is -1.81. The predicted molar refractivity (Wildman–Crippen MR) is 93.5 cm³/mol. The van der Waals surface area contributed by atoms with Gasteiger partial charge in [0.05, 0.1) is 11.2 Å². The van der Waals surface area contributed by atoms with Crippen LogP contribution in [0.15, 0.2) is 30.5 Å². The lowest BCUT2D eigenvalue weighted by atomic mass is 10.1. The number of anilines is 1. The molecule has 4 heteroatoms. The third-order valence-corrected chi connectivity index (χ3v) is 4.10. The van der Waals surface area contributed by atoms with E-state index >= 15 is 0 Å². The number of phenolic OH excluding ortho intramolecular Hbond substituents is 1. The smallest absolute Gasteiger partial charge is 0.118 e. The maximum atomic E-state index is 9.86. The zero-order valence-corrected chi connectivity index (χ0v) is 13.8. The van der Waals surface area contributed by atoms with Gasteiger partial charge in [-0.3, -0.25) is 4.98 Å². The average Bonchev–Trinajstić information content (AvgIpc) is 2.51. The van der Waals surface area contributed by atoms with Crippen LogP contribution in [0.25, 0.3) is 10.9 Å². The first-order chi connectivity index (χ1) is 10.6. The molecule has 0 bridgehead atoms. The van der Waals surface area contributed by atoms with Crippen LogP contribution in [0.2, 0.25) is 0 Å². The molecule has 0 saturated carbocycles. The molecule has 0 spiro atoms. The molecular formula is C18H27N3O. The summed E-state index contributed by atoms with van der Waals surface area (Å²) >= 11 is 0. The zero-order chi connectivity index (χ0) is 15.9. The summed E-state index contributed by atoms with van der Waals surface area (Å²) in [6.07, 6.45) is 4.05. The molecule has 2 rings (SSSR count). The van der Waals surface area contributed by atoms with Crippen molar-refractivity contribution >= 4 is 16.6 Å². The third kappa shape index (κ3) is 4.34. The molecule has 4 nitrogen and oxygen atoms in total. The van der Waals surface area contributed by atoms with Crippen LogP contribution < -0.4 is 5.32 Å². The lowest BCUT2D eigenvalue weighted by molar-refractivity contribution is 0.295. The fourth-order valence-corrected chi connectivity index (χ4v) is 2.79. The fraction of sp³-hybridized carbons (Fsp3) is 0.500. The van der Waals surface area contributed by atoms with Gasteiger partial charge in [0.15, 0.2) is 0 Å². The molecule has 2 aromatic rings. The summed E-state index contributed by atoms with van der Waals surface area (Å²) in [6, 6.07) is 7.72. The van der Waals surface area contributed by atoms with E-state index in [0.717, 1.165) is 42.6 Å². The fourth-order valence-electron chi connectivity index (χ4n) is 2.79. The van der Waals surface area contributed by atoms with Gasteiger partial charge in [0.1, 0.15) is 5.75 Å². The first-order valence-corrected chi connectivity index (χ1v) is 8.20. The summed E-state index contributed by atoms with van der Waals surface area (Å²) < 4.78 is 0. The second kappa shape index (κ2) is 7.99. The summed E-state index contributed by atoms with van der Waals surface area (Å²) in [5.74, 6) is 0.276. The number of hydrogen-bond acceptors (Lipinski definition) is 4. The zero-order valence-electron chi connectivity index (χ0n) is 13.8. The van der Waals surface area contributed by atoms with Crippen LogP contribution in [0.3, 0.4) is 0 Å². The second-order valence-electron chi connectivity index (χ2n) is 5.78. The number of phenols is 1. The summed E-state index contributed by atoms with van der Waals surface area (Å²) in [4.78, 5) is 6.87. The van der Waals surface area contributed by atoms with E-state index in [1.165, 1.54) is 6.42 Å². The molecule has 0 radical (unpaired) electrons. The van der Waals surface area contributed by atoms with Gasteiger partial charge in [-0.15, -0.1) is 0 Å². The second-order valence-corrected chi connectivity index (χ2v) is 5.78. The molecule has 0 fully saturated rings. The lowest BCUT2D eigenvalue weighted by Crippen LogP contribution is -2.25. The van der Waals surface area contributed by atoms with Gasteiger partial charge in [-0.25, -0.2) is 0 Å². The van der Waals surface area contributed by atoms with Crippen molar-refractivity contribution in [3.05, 3.63) is 30.5 Å². The van der Waals surface area contributed by atoms with Gasteiger partial charge in [0.25, 0.3) is 0 Å². The molecule has 2 N–H and O–H groups in total. The number of aromatic nitrogens is 1. The molecule has 0 aliphatic heterocycles. The number of nitrogens with one attached hydrogen (secondary N) is 1. The monoisotopic (exact) mass is 301 g/mol. The molecule has 0 amide bonds. The third-order valence-electron chi connectivity index (χ3n) is 4.10. The standard InChI is InChI=1S/C18H27N3O/c1-4-21(5-2)11-7-8-14(3)20-17-13-16(22)12-15-9-6-10-19-18(15)17/h6,9-10,12-14,20,22H,4-5,7-8,11H2,1-3H3/t14-/m0/s1. The van der Waals surface area contributed by atoms with E-state index in [1.807, 2.05) is 12.1 Å². The van der Waals surface area contributed by atoms with E-state index in [1.54, 1.807) is 18.3 Å². The molecule has 120 valence electrons. The quantitative estimate of drug-likeness (QED) is 0.777. The maximum Gasteiger partial charge on any atom is 0.118 e. The van der Waals surface area contributed by atoms with Crippen molar-refractivity contribution in [1.82, 2.24) is 9.88 Å². The molecule has 0 aliphatic rings. The Morgan fingerprint density at radius 3 is 2.77 bits per heavy atom. The van der Waals surface area contributed by atoms with Crippen LogP contribution in [0, 0.1) is 0 Å².